The number of urea groups is 1. The Bertz CT molecular complexity index is 832. The molecule has 2 heterocycles. The predicted octanol–water partition coefficient (Wildman–Crippen LogP) is 2.20. The zero-order valence-electron chi connectivity index (χ0n) is 13.8. The fourth-order valence-corrected chi connectivity index (χ4v) is 2.26. The van der Waals surface area contributed by atoms with E-state index in [0.29, 0.717) is 18.9 Å². The monoisotopic (exact) mass is 337 g/mol. The van der Waals surface area contributed by atoms with Crippen LogP contribution in [0.15, 0.2) is 55.1 Å². The molecule has 3 aromatic rings. The van der Waals surface area contributed by atoms with E-state index in [1.54, 1.807) is 6.20 Å². The molecule has 2 aromatic heterocycles. The van der Waals surface area contributed by atoms with Gasteiger partial charge in [0, 0.05) is 37.2 Å². The van der Waals surface area contributed by atoms with Gasteiger partial charge >= 0.3 is 6.03 Å². The van der Waals surface area contributed by atoms with E-state index in [1.165, 1.54) is 6.33 Å². The molecule has 0 bridgehead atoms. The second-order valence-electron chi connectivity index (χ2n) is 5.28. The summed E-state index contributed by atoms with van der Waals surface area (Å²) in [7, 11) is 0. The minimum atomic E-state index is -0.245. The zero-order valence-corrected chi connectivity index (χ0v) is 13.8. The second-order valence-corrected chi connectivity index (χ2v) is 5.28. The van der Waals surface area contributed by atoms with Crippen molar-refractivity contribution in [2.24, 2.45) is 0 Å². The quantitative estimate of drug-likeness (QED) is 0.599. The van der Waals surface area contributed by atoms with Crippen LogP contribution in [0.2, 0.25) is 0 Å². The lowest BCUT2D eigenvalue weighted by Crippen LogP contribution is -2.32. The van der Waals surface area contributed by atoms with Gasteiger partial charge in [-0.1, -0.05) is 18.2 Å². The van der Waals surface area contributed by atoms with E-state index in [2.05, 4.69) is 30.9 Å². The Morgan fingerprint density at radius 1 is 1.12 bits per heavy atom. The molecule has 0 unspecified atom stereocenters. The topological polar surface area (TPSA) is 96.8 Å². The summed E-state index contributed by atoms with van der Waals surface area (Å²) in [6.07, 6.45) is 5.06. The van der Waals surface area contributed by atoms with E-state index in [1.807, 2.05) is 54.1 Å². The van der Waals surface area contributed by atoms with Crippen LogP contribution < -0.4 is 16.0 Å². The fourth-order valence-electron chi connectivity index (χ4n) is 2.26. The van der Waals surface area contributed by atoms with Gasteiger partial charge in [0.05, 0.1) is 0 Å². The molecule has 1 aromatic carbocycles. The molecule has 0 spiro atoms. The minimum absolute atomic E-state index is 0.245. The summed E-state index contributed by atoms with van der Waals surface area (Å²) in [5, 5.41) is 8.70. The van der Waals surface area contributed by atoms with Gasteiger partial charge < -0.3 is 16.0 Å². The Balaban J connectivity index is 1.46. The summed E-state index contributed by atoms with van der Waals surface area (Å²) in [4.78, 5) is 24.4. The molecule has 2 amide bonds. The highest BCUT2D eigenvalue weighted by Crippen LogP contribution is 2.10. The third-order valence-electron chi connectivity index (χ3n) is 3.47. The maximum atomic E-state index is 11.8. The summed E-state index contributed by atoms with van der Waals surface area (Å²) in [5.74, 6) is 2.27. The number of para-hydroxylation sites is 1. The number of hydrogen-bond donors (Lipinski definition) is 3. The molecule has 0 aliphatic heterocycles. The number of nitrogens with zero attached hydrogens (tertiary/aromatic N) is 4. The van der Waals surface area contributed by atoms with Crippen LogP contribution in [0.25, 0.3) is 5.82 Å². The summed E-state index contributed by atoms with van der Waals surface area (Å²) in [5.41, 5.74) is 0.754. The van der Waals surface area contributed by atoms with Crippen LogP contribution in [-0.2, 0) is 0 Å². The molecule has 8 heteroatoms. The molecule has 0 fully saturated rings. The lowest BCUT2D eigenvalue weighted by atomic mass is 10.3. The largest absolute Gasteiger partial charge is 0.368 e. The number of amides is 2. The number of carbonyl (C=O) groups excluding carboxylic acids is 1. The van der Waals surface area contributed by atoms with Gasteiger partial charge in [0.25, 0.3) is 0 Å². The number of rotatable bonds is 6. The van der Waals surface area contributed by atoms with E-state index in [9.17, 15) is 4.79 Å². The van der Waals surface area contributed by atoms with E-state index in [4.69, 9.17) is 0 Å². The summed E-state index contributed by atoms with van der Waals surface area (Å²) >= 11 is 0. The molecule has 0 aliphatic rings. The Kier molecular flexibility index (Phi) is 5.20. The molecule has 3 rings (SSSR count). The first kappa shape index (κ1) is 16.4. The summed E-state index contributed by atoms with van der Waals surface area (Å²) < 4.78 is 1.87. The van der Waals surface area contributed by atoms with Gasteiger partial charge in [-0.05, 0) is 19.1 Å². The molecule has 0 atom stereocenters. The van der Waals surface area contributed by atoms with Crippen molar-refractivity contribution in [1.29, 1.82) is 0 Å². The Morgan fingerprint density at radius 2 is 1.96 bits per heavy atom. The van der Waals surface area contributed by atoms with Gasteiger partial charge in [-0.2, -0.15) is 0 Å². The summed E-state index contributed by atoms with van der Waals surface area (Å²) in [6.45, 7) is 2.91. The lowest BCUT2D eigenvalue weighted by molar-refractivity contribution is 0.252. The standard InChI is InChI=1S/C17H19N7O/c1-13-18-9-10-24(13)16-11-15(21-12-22-16)19-7-8-20-17(25)23-14-5-3-2-4-6-14/h2-6,9-12H,7-8H2,1H3,(H,19,21,22)(H2,20,23,25). The van der Waals surface area contributed by atoms with Crippen LogP contribution in [0.3, 0.4) is 0 Å². The average Bonchev–Trinajstić information content (AvgIpc) is 3.06. The molecular weight excluding hydrogens is 318 g/mol. The number of anilines is 2. The molecule has 25 heavy (non-hydrogen) atoms. The number of hydrogen-bond acceptors (Lipinski definition) is 5. The first-order valence-corrected chi connectivity index (χ1v) is 7.88. The SMILES string of the molecule is Cc1nccn1-c1cc(NCCNC(=O)Nc2ccccc2)ncn1. The van der Waals surface area contributed by atoms with Gasteiger partial charge in [0.2, 0.25) is 0 Å². The summed E-state index contributed by atoms with van der Waals surface area (Å²) in [6, 6.07) is 10.9. The highest BCUT2D eigenvalue weighted by molar-refractivity contribution is 5.89. The van der Waals surface area contributed by atoms with Crippen molar-refractivity contribution in [1.82, 2.24) is 24.8 Å². The lowest BCUT2D eigenvalue weighted by Gasteiger charge is -2.10. The molecule has 0 saturated heterocycles. The minimum Gasteiger partial charge on any atom is -0.368 e. The number of carbonyl (C=O) groups is 1. The van der Waals surface area contributed by atoms with Crippen molar-refractivity contribution in [3.8, 4) is 5.82 Å². The van der Waals surface area contributed by atoms with Crippen molar-refractivity contribution in [2.75, 3.05) is 23.7 Å². The number of imidazole rings is 1. The third kappa shape index (κ3) is 4.54. The molecule has 3 N–H and O–H groups in total. The van der Waals surface area contributed by atoms with Crippen molar-refractivity contribution in [3.63, 3.8) is 0 Å². The van der Waals surface area contributed by atoms with Crippen molar-refractivity contribution in [3.05, 3.63) is 60.9 Å². The van der Waals surface area contributed by atoms with Crippen LogP contribution in [0, 0.1) is 6.92 Å². The van der Waals surface area contributed by atoms with Gasteiger partial charge in [-0.25, -0.2) is 19.7 Å². The molecule has 0 saturated carbocycles. The first-order chi connectivity index (χ1) is 12.2. The van der Waals surface area contributed by atoms with Crippen LogP contribution in [0.1, 0.15) is 5.82 Å². The van der Waals surface area contributed by atoms with E-state index >= 15 is 0 Å². The number of nitrogens with one attached hydrogen (secondary N) is 3. The highest BCUT2D eigenvalue weighted by atomic mass is 16.2. The molecule has 128 valence electrons. The second kappa shape index (κ2) is 7.91. The fraction of sp³-hybridized carbons (Fsp3) is 0.176. The number of aromatic nitrogens is 4. The van der Waals surface area contributed by atoms with E-state index in [0.717, 1.165) is 17.3 Å². The highest BCUT2D eigenvalue weighted by Gasteiger charge is 2.04. The normalized spacial score (nSPS) is 10.3. The Morgan fingerprint density at radius 3 is 2.72 bits per heavy atom. The Labute approximate surface area is 145 Å². The molecule has 0 radical (unpaired) electrons. The number of benzene rings is 1. The van der Waals surface area contributed by atoms with Crippen LogP contribution in [0.4, 0.5) is 16.3 Å². The van der Waals surface area contributed by atoms with E-state index in [-0.39, 0.29) is 6.03 Å². The van der Waals surface area contributed by atoms with Crippen LogP contribution in [0.5, 0.6) is 0 Å². The molecule has 0 aliphatic carbocycles. The third-order valence-corrected chi connectivity index (χ3v) is 3.47. The van der Waals surface area contributed by atoms with Gasteiger partial charge in [0.15, 0.2) is 0 Å². The average molecular weight is 337 g/mol. The zero-order chi connectivity index (χ0) is 17.5. The van der Waals surface area contributed by atoms with Crippen molar-refractivity contribution in [2.45, 2.75) is 6.92 Å². The maximum absolute atomic E-state index is 11.8. The van der Waals surface area contributed by atoms with Gasteiger partial charge in [-0.15, -0.1) is 0 Å². The Hall–Kier alpha value is -3.42. The first-order valence-electron chi connectivity index (χ1n) is 7.88. The van der Waals surface area contributed by atoms with Crippen molar-refractivity contribution < 1.29 is 4.79 Å². The molecular formula is C17H19N7O. The van der Waals surface area contributed by atoms with Gasteiger partial charge in [0.1, 0.15) is 23.8 Å². The van der Waals surface area contributed by atoms with Gasteiger partial charge in [-0.3, -0.25) is 4.57 Å². The number of aryl methyl sites for hydroxylation is 1. The predicted molar refractivity (Wildman–Crippen MR) is 95.8 cm³/mol. The van der Waals surface area contributed by atoms with Crippen LogP contribution >= 0.6 is 0 Å². The van der Waals surface area contributed by atoms with Crippen LogP contribution in [-0.4, -0.2) is 38.6 Å². The smallest absolute Gasteiger partial charge is 0.319 e. The maximum Gasteiger partial charge on any atom is 0.319 e. The molecule has 8 nitrogen and oxygen atoms in total. The van der Waals surface area contributed by atoms with Crippen molar-refractivity contribution >= 4 is 17.5 Å². The van der Waals surface area contributed by atoms with E-state index < -0.39 is 0 Å².